The van der Waals surface area contributed by atoms with Gasteiger partial charge in [-0.2, -0.15) is 5.10 Å². The summed E-state index contributed by atoms with van der Waals surface area (Å²) in [7, 11) is 1.80. The Labute approximate surface area is 160 Å². The lowest BCUT2D eigenvalue weighted by molar-refractivity contribution is 0.847. The largest absolute Gasteiger partial charge is 0.261 e. The van der Waals surface area contributed by atoms with E-state index in [1.807, 2.05) is 35.2 Å². The van der Waals surface area contributed by atoms with Gasteiger partial charge in [0.2, 0.25) is 4.80 Å². The number of nitrogens with zero attached hydrogens (tertiary/aromatic N) is 3. The molecule has 0 aliphatic rings. The maximum Gasteiger partial charge on any atom is 0.205 e. The molecule has 25 heavy (non-hydrogen) atoms. The van der Waals surface area contributed by atoms with Crippen molar-refractivity contribution in [2.75, 3.05) is 7.05 Å². The van der Waals surface area contributed by atoms with Crippen LogP contribution in [-0.4, -0.2) is 17.9 Å². The number of aromatic nitrogens is 1. The van der Waals surface area contributed by atoms with Gasteiger partial charge in [0, 0.05) is 22.5 Å². The van der Waals surface area contributed by atoms with Crippen LogP contribution in [0.1, 0.15) is 22.3 Å². The summed E-state index contributed by atoms with van der Waals surface area (Å²) < 4.78 is 2.96. The van der Waals surface area contributed by atoms with Crippen LogP contribution in [0.2, 0.25) is 0 Å². The van der Waals surface area contributed by atoms with Gasteiger partial charge in [-0.05, 0) is 61.2 Å². The summed E-state index contributed by atoms with van der Waals surface area (Å²) in [5, 5.41) is 6.83. The van der Waals surface area contributed by atoms with Crippen molar-refractivity contribution >= 4 is 33.5 Å². The van der Waals surface area contributed by atoms with Crippen molar-refractivity contribution < 1.29 is 0 Å². The minimum atomic E-state index is 0.874. The Morgan fingerprint density at radius 1 is 1.04 bits per heavy atom. The predicted molar refractivity (Wildman–Crippen MR) is 111 cm³/mol. The van der Waals surface area contributed by atoms with Crippen LogP contribution in [0, 0.1) is 20.8 Å². The highest BCUT2D eigenvalue weighted by molar-refractivity contribution is 9.10. The maximum atomic E-state index is 4.71. The number of halogens is 1. The van der Waals surface area contributed by atoms with Gasteiger partial charge in [0.1, 0.15) is 0 Å². The highest BCUT2D eigenvalue weighted by Crippen LogP contribution is 2.27. The second-order valence-corrected chi connectivity index (χ2v) is 7.74. The molecule has 3 rings (SSSR count). The van der Waals surface area contributed by atoms with Crippen LogP contribution in [0.5, 0.6) is 0 Å². The molecule has 1 aromatic heterocycles. The summed E-state index contributed by atoms with van der Waals surface area (Å²) in [5.74, 6) is 0. The van der Waals surface area contributed by atoms with Crippen molar-refractivity contribution in [2.45, 2.75) is 20.8 Å². The highest BCUT2D eigenvalue weighted by atomic mass is 79.9. The Morgan fingerprint density at radius 2 is 1.80 bits per heavy atom. The molecule has 3 aromatic rings. The summed E-state index contributed by atoms with van der Waals surface area (Å²) >= 11 is 5.10. The van der Waals surface area contributed by atoms with Gasteiger partial charge < -0.3 is 0 Å². The fourth-order valence-electron chi connectivity index (χ4n) is 2.70. The van der Waals surface area contributed by atoms with Crippen molar-refractivity contribution in [3.8, 4) is 11.3 Å². The van der Waals surface area contributed by atoms with Crippen molar-refractivity contribution in [2.24, 2.45) is 10.1 Å². The number of hydrogen-bond donors (Lipinski definition) is 0. The third-order valence-corrected chi connectivity index (χ3v) is 5.56. The van der Waals surface area contributed by atoms with E-state index in [0.717, 1.165) is 20.5 Å². The van der Waals surface area contributed by atoms with Gasteiger partial charge in [-0.25, -0.2) is 4.68 Å². The third-order valence-electron chi connectivity index (χ3n) is 4.16. The van der Waals surface area contributed by atoms with Crippen LogP contribution in [0.3, 0.4) is 0 Å². The number of aryl methyl sites for hydroxylation is 3. The fourth-order valence-corrected chi connectivity index (χ4v) is 3.91. The van der Waals surface area contributed by atoms with E-state index < -0.39 is 0 Å². The minimum Gasteiger partial charge on any atom is -0.261 e. The summed E-state index contributed by atoms with van der Waals surface area (Å²) in [4.78, 5) is 5.25. The molecule has 0 aliphatic heterocycles. The summed E-state index contributed by atoms with van der Waals surface area (Å²) in [6.45, 7) is 6.43. The van der Waals surface area contributed by atoms with Crippen LogP contribution in [0.25, 0.3) is 11.3 Å². The number of benzene rings is 2. The smallest absolute Gasteiger partial charge is 0.205 e. The zero-order chi connectivity index (χ0) is 18.0. The van der Waals surface area contributed by atoms with Crippen LogP contribution < -0.4 is 4.80 Å². The molecule has 1 heterocycles. The quantitative estimate of drug-likeness (QED) is 0.520. The number of rotatable bonds is 3. The molecule has 0 N–H and O–H groups in total. The Morgan fingerprint density at radius 3 is 2.52 bits per heavy atom. The van der Waals surface area contributed by atoms with E-state index >= 15 is 0 Å². The molecule has 0 atom stereocenters. The van der Waals surface area contributed by atoms with Gasteiger partial charge in [-0.3, -0.25) is 4.99 Å². The molecular weight excluding hydrogens is 394 g/mol. The Balaban J connectivity index is 2.12. The van der Waals surface area contributed by atoms with Crippen LogP contribution in [-0.2, 0) is 0 Å². The summed E-state index contributed by atoms with van der Waals surface area (Å²) in [6.07, 6.45) is 1.87. The summed E-state index contributed by atoms with van der Waals surface area (Å²) in [6, 6.07) is 12.5. The zero-order valence-corrected chi connectivity index (χ0v) is 17.1. The molecule has 0 radical (unpaired) electrons. The van der Waals surface area contributed by atoms with Crippen LogP contribution in [0.15, 0.2) is 56.3 Å². The standard InChI is InChI=1S/C20H20BrN3S/c1-13-8-15(3)18(9-14(13)2)19-12-25-20(22-4)24(19)23-11-16-6-5-7-17(21)10-16/h5-12H,1-4H3. The zero-order valence-electron chi connectivity index (χ0n) is 14.7. The van der Waals surface area contributed by atoms with Crippen LogP contribution >= 0.6 is 27.3 Å². The first kappa shape index (κ1) is 17.8. The Bertz CT molecular complexity index is 1010. The Kier molecular flexibility index (Phi) is 5.35. The molecule has 0 bridgehead atoms. The van der Waals surface area contributed by atoms with Gasteiger partial charge in [0.25, 0.3) is 0 Å². The first-order valence-corrected chi connectivity index (χ1v) is 9.68. The van der Waals surface area contributed by atoms with Crippen molar-refractivity contribution in [3.63, 3.8) is 0 Å². The molecule has 2 aromatic carbocycles. The van der Waals surface area contributed by atoms with Gasteiger partial charge in [-0.15, -0.1) is 11.3 Å². The highest BCUT2D eigenvalue weighted by Gasteiger charge is 2.11. The van der Waals surface area contributed by atoms with Crippen molar-refractivity contribution in [1.29, 1.82) is 0 Å². The average Bonchev–Trinajstić information content (AvgIpc) is 2.99. The van der Waals surface area contributed by atoms with E-state index in [1.165, 1.54) is 22.3 Å². The lowest BCUT2D eigenvalue weighted by atomic mass is 9.99. The van der Waals surface area contributed by atoms with Crippen molar-refractivity contribution in [1.82, 2.24) is 4.68 Å². The molecule has 0 saturated carbocycles. The van der Waals surface area contributed by atoms with Gasteiger partial charge in [-0.1, -0.05) is 34.1 Å². The van der Waals surface area contributed by atoms with Crippen molar-refractivity contribution in [3.05, 3.63) is 73.3 Å². The lowest BCUT2D eigenvalue weighted by Gasteiger charge is -2.10. The van der Waals surface area contributed by atoms with Crippen LogP contribution in [0.4, 0.5) is 0 Å². The average molecular weight is 414 g/mol. The molecular formula is C20H20BrN3S. The molecule has 0 unspecified atom stereocenters. The first-order chi connectivity index (χ1) is 12.0. The monoisotopic (exact) mass is 413 g/mol. The fraction of sp³-hybridized carbons (Fsp3) is 0.200. The van der Waals surface area contributed by atoms with E-state index in [1.54, 1.807) is 18.4 Å². The molecule has 0 saturated heterocycles. The molecule has 0 aliphatic carbocycles. The number of hydrogen-bond acceptors (Lipinski definition) is 3. The maximum absolute atomic E-state index is 4.71. The normalized spacial score (nSPS) is 12.3. The van der Waals surface area contributed by atoms with E-state index in [-0.39, 0.29) is 0 Å². The topological polar surface area (TPSA) is 29.6 Å². The SMILES string of the molecule is CN=c1scc(-c2cc(C)c(C)cc2C)n1N=Cc1cccc(Br)c1. The molecule has 0 fully saturated rings. The Hall–Kier alpha value is -1.98. The van der Waals surface area contributed by atoms with Gasteiger partial charge in [0.15, 0.2) is 0 Å². The second kappa shape index (κ2) is 7.50. The van der Waals surface area contributed by atoms with Gasteiger partial charge >= 0.3 is 0 Å². The van der Waals surface area contributed by atoms with E-state index in [9.17, 15) is 0 Å². The lowest BCUT2D eigenvalue weighted by Crippen LogP contribution is -2.12. The van der Waals surface area contributed by atoms with E-state index in [0.29, 0.717) is 0 Å². The second-order valence-electron chi connectivity index (χ2n) is 5.99. The molecule has 0 spiro atoms. The third kappa shape index (κ3) is 3.83. The molecule has 5 heteroatoms. The minimum absolute atomic E-state index is 0.874. The first-order valence-electron chi connectivity index (χ1n) is 8.01. The van der Waals surface area contributed by atoms with Gasteiger partial charge in [0.05, 0.1) is 11.9 Å². The van der Waals surface area contributed by atoms with E-state index in [2.05, 4.69) is 59.2 Å². The molecule has 0 amide bonds. The summed E-state index contributed by atoms with van der Waals surface area (Å²) in [5.41, 5.74) is 7.14. The molecule has 128 valence electrons. The van der Waals surface area contributed by atoms with E-state index in [4.69, 9.17) is 5.10 Å². The predicted octanol–water partition coefficient (Wildman–Crippen LogP) is 5.32. The molecule has 3 nitrogen and oxygen atoms in total. The number of thiazole rings is 1.